The Morgan fingerprint density at radius 3 is 1.29 bits per heavy atom. The highest BCUT2D eigenvalue weighted by Crippen LogP contribution is 2.34. The quantitative estimate of drug-likeness (QED) is 0.181. The van der Waals surface area contributed by atoms with Gasteiger partial charge in [0.25, 0.3) is 0 Å². The molecule has 3 aromatic rings. The smallest absolute Gasteiger partial charge is 0.286 e. The average Bonchev–Trinajstić information content (AvgIpc) is 3.23. The molecule has 11 heteroatoms. The van der Waals surface area contributed by atoms with Gasteiger partial charge in [0.05, 0.1) is 11.4 Å². The molecular weight excluding hydrogens is 567 g/mol. The van der Waals surface area contributed by atoms with Crippen LogP contribution in [-0.2, 0) is 14.0 Å². The van der Waals surface area contributed by atoms with Crippen molar-refractivity contribution in [2.45, 2.75) is 97.7 Å². The maximum Gasteiger partial charge on any atom is 0.522 e. The summed E-state index contributed by atoms with van der Waals surface area (Å²) in [6.45, 7) is 19.4. The number of aromatic nitrogens is 2. The summed E-state index contributed by atoms with van der Waals surface area (Å²) in [6.07, 6.45) is 3.71. The van der Waals surface area contributed by atoms with Crippen LogP contribution in [0.15, 0.2) is 53.4 Å². The van der Waals surface area contributed by atoms with E-state index in [2.05, 4.69) is 55.4 Å². The molecule has 226 valence electrons. The molecule has 0 saturated heterocycles. The van der Waals surface area contributed by atoms with Crippen molar-refractivity contribution in [3.8, 4) is 11.4 Å². The van der Waals surface area contributed by atoms with Gasteiger partial charge >= 0.3 is 24.1 Å². The van der Waals surface area contributed by atoms with Crippen LogP contribution in [0.2, 0.25) is 13.1 Å². The molecular formula is C30H42F3N3O3SSi. The largest absolute Gasteiger partial charge is 0.522 e. The van der Waals surface area contributed by atoms with E-state index in [1.807, 2.05) is 57.9 Å². The average molecular weight is 610 g/mol. The molecule has 41 heavy (non-hydrogen) atoms. The number of hydrogen-bond donors (Lipinski definition) is 0. The SMILES string of the molecule is CC(C)c1cccc(C(C)C)c1-n1ccn(-c2c(C(C)C)cccc2C(C)C)c1=N[Si](C)(C)OS(=O)(=O)C(F)(F)F. The van der Waals surface area contributed by atoms with E-state index in [1.54, 1.807) is 0 Å². The lowest BCUT2D eigenvalue weighted by molar-refractivity contribution is -0.0503. The van der Waals surface area contributed by atoms with Gasteiger partial charge in [-0.1, -0.05) is 91.8 Å². The zero-order chi connectivity index (χ0) is 31.1. The molecule has 0 atom stereocenters. The maximum absolute atomic E-state index is 13.4. The number of para-hydroxylation sites is 2. The summed E-state index contributed by atoms with van der Waals surface area (Å²) in [7, 11) is -9.74. The Bertz CT molecular complexity index is 1430. The van der Waals surface area contributed by atoms with Crippen molar-refractivity contribution in [2.24, 2.45) is 4.66 Å². The molecule has 0 unspecified atom stereocenters. The highest BCUT2D eigenvalue weighted by molar-refractivity contribution is 7.88. The van der Waals surface area contributed by atoms with Gasteiger partial charge in [0, 0.05) is 12.4 Å². The normalized spacial score (nSPS) is 13.2. The molecule has 0 saturated carbocycles. The molecule has 0 fully saturated rings. The number of benzene rings is 2. The minimum Gasteiger partial charge on any atom is -0.286 e. The van der Waals surface area contributed by atoms with Crippen LogP contribution in [0.25, 0.3) is 11.4 Å². The Balaban J connectivity index is 2.55. The van der Waals surface area contributed by atoms with Crippen LogP contribution in [0.3, 0.4) is 0 Å². The van der Waals surface area contributed by atoms with Gasteiger partial charge in [-0.2, -0.15) is 21.6 Å². The Morgan fingerprint density at radius 2 is 1.02 bits per heavy atom. The van der Waals surface area contributed by atoms with E-state index in [-0.39, 0.29) is 23.7 Å². The Morgan fingerprint density at radius 1 is 0.707 bits per heavy atom. The fourth-order valence-corrected chi connectivity index (χ4v) is 8.37. The number of hydrogen-bond acceptors (Lipinski definition) is 4. The number of halogens is 3. The highest BCUT2D eigenvalue weighted by Gasteiger charge is 2.50. The third kappa shape index (κ3) is 6.89. The number of imidazole rings is 1. The van der Waals surface area contributed by atoms with Gasteiger partial charge in [-0.3, -0.25) is 17.7 Å². The molecule has 1 aromatic heterocycles. The lowest BCUT2D eigenvalue weighted by Crippen LogP contribution is -2.41. The minimum absolute atomic E-state index is 0.133. The molecule has 0 N–H and O–H groups in total. The van der Waals surface area contributed by atoms with E-state index < -0.39 is 24.1 Å². The van der Waals surface area contributed by atoms with E-state index >= 15 is 0 Å². The van der Waals surface area contributed by atoms with Crippen LogP contribution in [0.5, 0.6) is 0 Å². The van der Waals surface area contributed by atoms with Gasteiger partial charge in [-0.15, -0.1) is 0 Å². The van der Waals surface area contributed by atoms with Crippen LogP contribution in [0.4, 0.5) is 13.2 Å². The van der Waals surface area contributed by atoms with Crippen molar-refractivity contribution in [1.29, 1.82) is 0 Å². The van der Waals surface area contributed by atoms with E-state index in [0.29, 0.717) is 5.62 Å². The number of alkyl halides is 3. The first-order chi connectivity index (χ1) is 18.8. The van der Waals surface area contributed by atoms with Crippen LogP contribution >= 0.6 is 0 Å². The molecule has 0 radical (unpaired) electrons. The minimum atomic E-state index is -5.85. The molecule has 0 bridgehead atoms. The molecule has 0 aliphatic rings. The van der Waals surface area contributed by atoms with Crippen LogP contribution in [0, 0.1) is 0 Å². The maximum atomic E-state index is 13.4. The fourth-order valence-electron chi connectivity index (χ4n) is 4.99. The summed E-state index contributed by atoms with van der Waals surface area (Å²) in [6, 6.07) is 12.2. The monoisotopic (exact) mass is 609 g/mol. The van der Waals surface area contributed by atoms with Crippen molar-refractivity contribution in [3.63, 3.8) is 0 Å². The number of rotatable bonds is 9. The Labute approximate surface area is 243 Å². The number of nitrogens with zero attached hydrogens (tertiary/aromatic N) is 3. The highest BCUT2D eigenvalue weighted by atomic mass is 32.2. The van der Waals surface area contributed by atoms with E-state index in [1.165, 1.54) is 13.1 Å². The zero-order valence-corrected chi connectivity index (χ0v) is 27.4. The molecule has 6 nitrogen and oxygen atoms in total. The zero-order valence-electron chi connectivity index (χ0n) is 25.5. The van der Waals surface area contributed by atoms with Crippen LogP contribution < -0.4 is 5.62 Å². The van der Waals surface area contributed by atoms with Crippen LogP contribution in [-0.4, -0.2) is 31.5 Å². The summed E-state index contributed by atoms with van der Waals surface area (Å²) in [5.74, 6) is 0.532. The topological polar surface area (TPSA) is 65.6 Å². The van der Waals surface area contributed by atoms with Gasteiger partial charge in [-0.25, -0.2) is 0 Å². The predicted octanol–water partition coefficient (Wildman–Crippen LogP) is 8.23. The van der Waals surface area contributed by atoms with Gasteiger partial charge in [0.2, 0.25) is 5.62 Å². The third-order valence-electron chi connectivity index (χ3n) is 6.93. The predicted molar refractivity (Wildman–Crippen MR) is 161 cm³/mol. The standard InChI is InChI=1S/C30H42F3N3O3SSi/c1-19(2)23-13-11-14-24(20(3)4)27(23)35-17-18-36(28-25(21(5)6)15-12-16-26(28)22(7)8)29(35)34-41(9,10)39-40(37,38)30(31,32)33/h11-22H,1-10H3. The van der Waals surface area contributed by atoms with E-state index in [0.717, 1.165) is 33.6 Å². The van der Waals surface area contributed by atoms with Crippen LogP contribution in [0.1, 0.15) is 101 Å². The van der Waals surface area contributed by atoms with Crippen molar-refractivity contribution in [2.75, 3.05) is 0 Å². The molecule has 0 aliphatic heterocycles. The Hall–Kier alpha value is -2.63. The van der Waals surface area contributed by atoms with E-state index in [4.69, 9.17) is 8.53 Å². The molecule has 3 rings (SSSR count). The Kier molecular flexibility index (Phi) is 9.56. The first-order valence-corrected chi connectivity index (χ1v) is 18.2. The second-order valence-electron chi connectivity index (χ2n) is 12.1. The summed E-state index contributed by atoms with van der Waals surface area (Å²) in [5.41, 5.74) is 0.691. The second kappa shape index (κ2) is 11.9. The third-order valence-corrected chi connectivity index (χ3v) is 10.7. The molecule has 0 aliphatic carbocycles. The van der Waals surface area contributed by atoms with Crippen molar-refractivity contribution < 1.29 is 25.5 Å². The lowest BCUT2D eigenvalue weighted by Gasteiger charge is -2.24. The summed E-state index contributed by atoms with van der Waals surface area (Å²) in [5, 5.41) is 0. The van der Waals surface area contributed by atoms with Gasteiger partial charge in [-0.05, 0) is 59.0 Å². The molecule has 2 aromatic carbocycles. The first kappa shape index (κ1) is 32.9. The van der Waals surface area contributed by atoms with Crippen molar-refractivity contribution >= 4 is 18.6 Å². The molecule has 1 heterocycles. The van der Waals surface area contributed by atoms with Crippen molar-refractivity contribution in [1.82, 2.24) is 9.13 Å². The van der Waals surface area contributed by atoms with Gasteiger partial charge in [0.1, 0.15) is 0 Å². The second-order valence-corrected chi connectivity index (χ2v) is 17.2. The lowest BCUT2D eigenvalue weighted by atomic mass is 9.92. The fraction of sp³-hybridized carbons (Fsp3) is 0.500. The first-order valence-electron chi connectivity index (χ1n) is 13.9. The van der Waals surface area contributed by atoms with Crippen molar-refractivity contribution in [3.05, 3.63) is 76.7 Å². The van der Waals surface area contributed by atoms with E-state index in [9.17, 15) is 21.6 Å². The molecule has 0 spiro atoms. The summed E-state index contributed by atoms with van der Waals surface area (Å²) >= 11 is 0. The summed E-state index contributed by atoms with van der Waals surface area (Å²) < 4.78 is 77.6. The molecule has 0 amide bonds. The summed E-state index contributed by atoms with van der Waals surface area (Å²) in [4.78, 5) is 0. The van der Waals surface area contributed by atoms with Gasteiger partial charge < -0.3 is 0 Å². The van der Waals surface area contributed by atoms with Gasteiger partial charge in [0.15, 0.2) is 0 Å².